The smallest absolute Gasteiger partial charge is 0.254 e. The summed E-state index contributed by atoms with van der Waals surface area (Å²) in [6.45, 7) is 0.952. The fraction of sp³-hybridized carbons (Fsp3) is 0.222. The molecular formula is C18H20Cl2N4O2S2. The Labute approximate surface area is 181 Å². The van der Waals surface area contributed by atoms with Crippen molar-refractivity contribution in [1.29, 1.82) is 0 Å². The molecule has 0 aliphatic carbocycles. The number of amides is 2. The van der Waals surface area contributed by atoms with E-state index in [0.29, 0.717) is 57.1 Å². The fourth-order valence-electron chi connectivity index (χ4n) is 2.27. The van der Waals surface area contributed by atoms with Crippen LogP contribution in [0.15, 0.2) is 36.4 Å². The SMILES string of the molecule is Nc1cccc(Cl)c1C(=O)NCCSSCCNC(=O)c1c(N)cccc1Cl. The van der Waals surface area contributed by atoms with Gasteiger partial charge in [-0.2, -0.15) is 0 Å². The molecule has 0 heterocycles. The van der Waals surface area contributed by atoms with Gasteiger partial charge in [0.2, 0.25) is 0 Å². The van der Waals surface area contributed by atoms with Crippen LogP contribution in [-0.2, 0) is 0 Å². The van der Waals surface area contributed by atoms with Gasteiger partial charge in [-0.15, -0.1) is 0 Å². The van der Waals surface area contributed by atoms with E-state index in [0.717, 1.165) is 0 Å². The first-order chi connectivity index (χ1) is 13.4. The van der Waals surface area contributed by atoms with Crippen LogP contribution in [0.2, 0.25) is 10.0 Å². The molecule has 2 aromatic rings. The molecule has 150 valence electrons. The van der Waals surface area contributed by atoms with Crippen LogP contribution in [0.5, 0.6) is 0 Å². The average molecular weight is 459 g/mol. The van der Waals surface area contributed by atoms with E-state index in [9.17, 15) is 9.59 Å². The summed E-state index contributed by atoms with van der Waals surface area (Å²) in [7, 11) is 3.18. The van der Waals surface area contributed by atoms with Gasteiger partial charge in [0.15, 0.2) is 0 Å². The van der Waals surface area contributed by atoms with E-state index in [1.165, 1.54) is 0 Å². The first kappa shape index (κ1) is 22.5. The zero-order valence-corrected chi connectivity index (χ0v) is 18.0. The van der Waals surface area contributed by atoms with Crippen molar-refractivity contribution in [2.24, 2.45) is 0 Å². The van der Waals surface area contributed by atoms with Gasteiger partial charge < -0.3 is 22.1 Å². The maximum atomic E-state index is 12.1. The summed E-state index contributed by atoms with van der Waals surface area (Å²) in [5, 5.41) is 6.23. The van der Waals surface area contributed by atoms with E-state index in [4.69, 9.17) is 34.7 Å². The Balaban J connectivity index is 1.61. The van der Waals surface area contributed by atoms with Crippen LogP contribution in [0.4, 0.5) is 11.4 Å². The fourth-order valence-corrected chi connectivity index (χ4v) is 4.62. The largest absolute Gasteiger partial charge is 0.398 e. The third-order valence-electron chi connectivity index (χ3n) is 3.57. The number of hydrogen-bond acceptors (Lipinski definition) is 6. The molecule has 10 heteroatoms. The van der Waals surface area contributed by atoms with Gasteiger partial charge in [-0.1, -0.05) is 56.9 Å². The quantitative estimate of drug-likeness (QED) is 0.259. The molecule has 6 nitrogen and oxygen atoms in total. The lowest BCUT2D eigenvalue weighted by Crippen LogP contribution is -2.27. The molecular weight excluding hydrogens is 439 g/mol. The van der Waals surface area contributed by atoms with Gasteiger partial charge in [-0.05, 0) is 24.3 Å². The number of carbonyl (C=O) groups excluding carboxylic acids is 2. The van der Waals surface area contributed by atoms with Crippen molar-refractivity contribution in [1.82, 2.24) is 10.6 Å². The Morgan fingerprint density at radius 1 is 0.786 bits per heavy atom. The van der Waals surface area contributed by atoms with Gasteiger partial charge in [-0.25, -0.2) is 0 Å². The van der Waals surface area contributed by atoms with Crippen molar-refractivity contribution in [3.63, 3.8) is 0 Å². The molecule has 0 saturated heterocycles. The van der Waals surface area contributed by atoms with E-state index in [1.54, 1.807) is 58.0 Å². The summed E-state index contributed by atoms with van der Waals surface area (Å²) in [4.78, 5) is 24.3. The van der Waals surface area contributed by atoms with Gasteiger partial charge in [0, 0.05) is 36.0 Å². The third-order valence-corrected chi connectivity index (χ3v) is 6.61. The number of anilines is 2. The van der Waals surface area contributed by atoms with Gasteiger partial charge in [0.05, 0.1) is 21.2 Å². The zero-order valence-electron chi connectivity index (χ0n) is 14.8. The molecule has 0 atom stereocenters. The van der Waals surface area contributed by atoms with Crippen LogP contribution in [-0.4, -0.2) is 36.4 Å². The minimum absolute atomic E-state index is 0.293. The number of rotatable bonds is 9. The first-order valence-corrected chi connectivity index (χ1v) is 11.5. The second-order valence-corrected chi connectivity index (χ2v) is 9.08. The van der Waals surface area contributed by atoms with Gasteiger partial charge in [0.25, 0.3) is 11.8 Å². The standard InChI is InChI=1S/C18H20Cl2N4O2S2/c19-11-3-1-5-13(21)15(11)17(25)23-7-9-27-28-10-8-24-18(26)16-12(20)4-2-6-14(16)22/h1-6H,7-10,21-22H2,(H,23,25)(H,24,26). The predicted octanol–water partition coefficient (Wildman–Crippen LogP) is 3.70. The lowest BCUT2D eigenvalue weighted by molar-refractivity contribution is 0.0948. The van der Waals surface area contributed by atoms with E-state index in [-0.39, 0.29) is 11.8 Å². The number of hydrogen-bond donors (Lipinski definition) is 4. The highest BCUT2D eigenvalue weighted by atomic mass is 35.5. The second-order valence-electron chi connectivity index (χ2n) is 5.56. The average Bonchev–Trinajstić information content (AvgIpc) is 2.63. The minimum Gasteiger partial charge on any atom is -0.398 e. The van der Waals surface area contributed by atoms with E-state index in [1.807, 2.05) is 0 Å². The Bertz CT molecular complexity index is 742. The minimum atomic E-state index is -0.293. The van der Waals surface area contributed by atoms with Crippen LogP contribution in [0, 0.1) is 0 Å². The number of carbonyl (C=O) groups is 2. The van der Waals surface area contributed by atoms with E-state index < -0.39 is 0 Å². The molecule has 0 unspecified atom stereocenters. The summed E-state index contributed by atoms with van der Waals surface area (Å²) in [5.74, 6) is 0.815. The van der Waals surface area contributed by atoms with Crippen LogP contribution >= 0.6 is 44.8 Å². The Hall–Kier alpha value is -1.74. The molecule has 2 aromatic carbocycles. The highest BCUT2D eigenvalue weighted by Crippen LogP contribution is 2.23. The number of halogens is 2. The molecule has 2 amide bonds. The lowest BCUT2D eigenvalue weighted by atomic mass is 10.1. The van der Waals surface area contributed by atoms with Gasteiger partial charge in [0.1, 0.15) is 0 Å². The molecule has 2 rings (SSSR count). The van der Waals surface area contributed by atoms with Crippen LogP contribution in [0.3, 0.4) is 0 Å². The van der Waals surface area contributed by atoms with Crippen molar-refractivity contribution >= 4 is 68.0 Å². The summed E-state index contributed by atoms with van der Waals surface area (Å²) in [6, 6.07) is 9.91. The number of nitrogens with one attached hydrogen (secondary N) is 2. The molecule has 0 bridgehead atoms. The molecule has 28 heavy (non-hydrogen) atoms. The monoisotopic (exact) mass is 458 g/mol. The molecule has 6 N–H and O–H groups in total. The van der Waals surface area contributed by atoms with Crippen LogP contribution in [0.25, 0.3) is 0 Å². The van der Waals surface area contributed by atoms with Gasteiger partial charge in [-0.3, -0.25) is 9.59 Å². The topological polar surface area (TPSA) is 110 Å². The summed E-state index contributed by atoms with van der Waals surface area (Å²) < 4.78 is 0. The number of benzene rings is 2. The molecule has 0 fully saturated rings. The van der Waals surface area contributed by atoms with Crippen molar-refractivity contribution in [2.75, 3.05) is 36.1 Å². The zero-order chi connectivity index (χ0) is 20.5. The molecule has 0 aliphatic rings. The molecule has 0 radical (unpaired) electrons. The lowest BCUT2D eigenvalue weighted by Gasteiger charge is -2.10. The highest BCUT2D eigenvalue weighted by Gasteiger charge is 2.14. The molecule has 0 aliphatic heterocycles. The van der Waals surface area contributed by atoms with Gasteiger partial charge >= 0.3 is 0 Å². The highest BCUT2D eigenvalue weighted by molar-refractivity contribution is 8.76. The molecule has 0 spiro atoms. The maximum absolute atomic E-state index is 12.1. The number of nitrogens with two attached hydrogens (primary N) is 2. The summed E-state index contributed by atoms with van der Waals surface area (Å²) in [6.07, 6.45) is 0. The van der Waals surface area contributed by atoms with Crippen molar-refractivity contribution in [3.05, 3.63) is 57.6 Å². The van der Waals surface area contributed by atoms with E-state index >= 15 is 0 Å². The normalized spacial score (nSPS) is 10.5. The number of nitrogen functional groups attached to an aromatic ring is 2. The Morgan fingerprint density at radius 2 is 1.18 bits per heavy atom. The van der Waals surface area contributed by atoms with Crippen LogP contribution < -0.4 is 22.1 Å². The van der Waals surface area contributed by atoms with Crippen molar-refractivity contribution in [2.45, 2.75) is 0 Å². The first-order valence-electron chi connectivity index (χ1n) is 8.30. The van der Waals surface area contributed by atoms with Crippen molar-refractivity contribution in [3.8, 4) is 0 Å². The third kappa shape index (κ3) is 6.41. The summed E-state index contributed by atoms with van der Waals surface area (Å²) in [5.41, 5.74) is 12.9. The predicted molar refractivity (Wildman–Crippen MR) is 121 cm³/mol. The van der Waals surface area contributed by atoms with Crippen LogP contribution in [0.1, 0.15) is 20.7 Å². The Morgan fingerprint density at radius 3 is 1.54 bits per heavy atom. The summed E-state index contributed by atoms with van der Waals surface area (Å²) >= 11 is 12.0. The second kappa shape index (κ2) is 11.3. The maximum Gasteiger partial charge on any atom is 0.254 e. The Kier molecular flexibility index (Phi) is 9.11. The molecule has 0 saturated carbocycles. The van der Waals surface area contributed by atoms with Crippen molar-refractivity contribution < 1.29 is 9.59 Å². The van der Waals surface area contributed by atoms with E-state index in [2.05, 4.69) is 10.6 Å². The molecule has 0 aromatic heterocycles.